The largest absolute Gasteiger partial charge is 0.498 e. The number of hydrogen-bond acceptors (Lipinski definition) is 2. The van der Waals surface area contributed by atoms with Crippen molar-refractivity contribution in [2.24, 2.45) is 5.92 Å². The summed E-state index contributed by atoms with van der Waals surface area (Å²) in [4.78, 5) is 1.06. The second-order valence-corrected chi connectivity index (χ2v) is 3.31. The van der Waals surface area contributed by atoms with Crippen molar-refractivity contribution in [3.8, 4) is 0 Å². The van der Waals surface area contributed by atoms with Crippen molar-refractivity contribution in [2.75, 3.05) is 6.61 Å². The van der Waals surface area contributed by atoms with E-state index in [0.717, 1.165) is 23.7 Å². The van der Waals surface area contributed by atoms with Crippen molar-refractivity contribution in [3.05, 3.63) is 11.8 Å². The topological polar surface area (TPSA) is 9.23 Å². The van der Waals surface area contributed by atoms with Crippen LogP contribution in [0.3, 0.4) is 0 Å². The first-order valence-electron chi connectivity index (χ1n) is 3.50. The first-order valence-corrected chi connectivity index (χ1v) is 3.91. The van der Waals surface area contributed by atoms with Gasteiger partial charge in [-0.15, -0.1) is 0 Å². The van der Waals surface area contributed by atoms with Gasteiger partial charge in [0, 0.05) is 5.92 Å². The Morgan fingerprint density at radius 2 is 2.50 bits per heavy atom. The Labute approximate surface area is 67.1 Å². The predicted molar refractivity (Wildman–Crippen MR) is 46.1 cm³/mol. The van der Waals surface area contributed by atoms with Crippen LogP contribution in [-0.4, -0.2) is 11.5 Å². The molecule has 0 N–H and O–H groups in total. The molecule has 1 aliphatic rings. The molecule has 0 saturated heterocycles. The molecule has 1 atom stereocenters. The summed E-state index contributed by atoms with van der Waals surface area (Å²) in [5.74, 6) is 1.51. The molecular formula is C8H12OS. The van der Waals surface area contributed by atoms with Crippen molar-refractivity contribution < 1.29 is 4.74 Å². The predicted octanol–water partition coefficient (Wildman–Crippen LogP) is 2.32. The van der Waals surface area contributed by atoms with E-state index >= 15 is 0 Å². The highest BCUT2D eigenvalue weighted by Gasteiger charge is 2.14. The lowest BCUT2D eigenvalue weighted by Crippen LogP contribution is -2.18. The van der Waals surface area contributed by atoms with Gasteiger partial charge in [0.15, 0.2) is 0 Å². The van der Waals surface area contributed by atoms with Crippen LogP contribution in [0.25, 0.3) is 0 Å². The van der Waals surface area contributed by atoms with Crippen LogP contribution in [0.15, 0.2) is 11.8 Å². The fourth-order valence-corrected chi connectivity index (χ4v) is 1.11. The van der Waals surface area contributed by atoms with Crippen LogP contribution in [0.5, 0.6) is 0 Å². The van der Waals surface area contributed by atoms with E-state index in [1.807, 2.05) is 13.8 Å². The van der Waals surface area contributed by atoms with Gasteiger partial charge in [0.05, 0.1) is 12.4 Å². The Balaban J connectivity index is 2.50. The summed E-state index contributed by atoms with van der Waals surface area (Å²) >= 11 is 5.04. The normalized spacial score (nSPS) is 25.0. The minimum absolute atomic E-state index is 0.471. The Hall–Kier alpha value is -0.370. The highest BCUT2D eigenvalue weighted by Crippen LogP contribution is 2.16. The number of allylic oxidation sites excluding steroid dienone is 2. The molecular weight excluding hydrogens is 144 g/mol. The number of hydrogen-bond donors (Lipinski definition) is 0. The van der Waals surface area contributed by atoms with Crippen molar-refractivity contribution in [2.45, 2.75) is 20.3 Å². The summed E-state index contributed by atoms with van der Waals surface area (Å²) in [6.07, 6.45) is 3.16. The second kappa shape index (κ2) is 3.15. The van der Waals surface area contributed by atoms with E-state index in [4.69, 9.17) is 17.0 Å². The van der Waals surface area contributed by atoms with Crippen LogP contribution in [0.1, 0.15) is 20.3 Å². The van der Waals surface area contributed by atoms with Gasteiger partial charge >= 0.3 is 0 Å². The van der Waals surface area contributed by atoms with Gasteiger partial charge in [-0.25, -0.2) is 0 Å². The molecule has 0 spiro atoms. The molecule has 0 saturated carbocycles. The van der Waals surface area contributed by atoms with Gasteiger partial charge in [0.25, 0.3) is 0 Å². The van der Waals surface area contributed by atoms with Gasteiger partial charge in [-0.05, 0) is 31.2 Å². The highest BCUT2D eigenvalue weighted by molar-refractivity contribution is 7.80. The Morgan fingerprint density at radius 3 is 2.90 bits per heavy atom. The van der Waals surface area contributed by atoms with E-state index in [9.17, 15) is 0 Å². The lowest BCUT2D eigenvalue weighted by molar-refractivity contribution is 0.174. The molecule has 0 fully saturated rings. The minimum atomic E-state index is 0.471. The molecule has 56 valence electrons. The third-order valence-electron chi connectivity index (χ3n) is 1.78. The van der Waals surface area contributed by atoms with Crippen LogP contribution in [0.2, 0.25) is 0 Å². The van der Waals surface area contributed by atoms with Crippen molar-refractivity contribution in [3.63, 3.8) is 0 Å². The molecule has 1 aliphatic heterocycles. The molecule has 0 aromatic carbocycles. The molecule has 0 radical (unpaired) electrons. The summed E-state index contributed by atoms with van der Waals surface area (Å²) in [5.41, 5.74) is 0. The molecule has 1 unspecified atom stereocenters. The lowest BCUT2D eigenvalue weighted by Gasteiger charge is -2.20. The molecule has 0 aromatic rings. The molecule has 0 bridgehead atoms. The summed E-state index contributed by atoms with van der Waals surface area (Å²) in [7, 11) is 0. The standard InChI is InChI=1S/C8H12OS/c1-6-3-4-8(5-9-6)7(2)10/h3,8H,4-5H2,1-2H3. The molecule has 1 rings (SSSR count). The monoisotopic (exact) mass is 156 g/mol. The van der Waals surface area contributed by atoms with Gasteiger partial charge in [-0.2, -0.15) is 0 Å². The van der Waals surface area contributed by atoms with Gasteiger partial charge < -0.3 is 4.74 Å². The molecule has 2 heteroatoms. The summed E-state index contributed by atoms with van der Waals surface area (Å²) in [6.45, 7) is 4.74. The summed E-state index contributed by atoms with van der Waals surface area (Å²) in [5, 5.41) is 0. The maximum absolute atomic E-state index is 5.33. The van der Waals surface area contributed by atoms with Gasteiger partial charge in [-0.3, -0.25) is 0 Å². The van der Waals surface area contributed by atoms with Crippen molar-refractivity contribution in [1.29, 1.82) is 0 Å². The zero-order valence-electron chi connectivity index (χ0n) is 6.39. The SMILES string of the molecule is CC(=S)C1CC=C(C)OC1. The summed E-state index contributed by atoms with van der Waals surface area (Å²) in [6, 6.07) is 0. The lowest BCUT2D eigenvalue weighted by atomic mass is 10.0. The average molecular weight is 156 g/mol. The zero-order valence-corrected chi connectivity index (χ0v) is 7.20. The van der Waals surface area contributed by atoms with Crippen LogP contribution < -0.4 is 0 Å². The molecule has 0 aliphatic carbocycles. The average Bonchev–Trinajstić information content (AvgIpc) is 1.88. The maximum Gasteiger partial charge on any atom is 0.0953 e. The van der Waals surface area contributed by atoms with Gasteiger partial charge in [0.1, 0.15) is 0 Å². The van der Waals surface area contributed by atoms with E-state index in [2.05, 4.69) is 6.08 Å². The third-order valence-corrected chi connectivity index (χ3v) is 2.11. The molecule has 1 heterocycles. The fourth-order valence-electron chi connectivity index (χ4n) is 0.951. The second-order valence-electron chi connectivity index (χ2n) is 2.67. The van der Waals surface area contributed by atoms with E-state index in [1.165, 1.54) is 0 Å². The number of thiocarbonyl (C=S) groups is 1. The van der Waals surface area contributed by atoms with E-state index in [1.54, 1.807) is 0 Å². The van der Waals surface area contributed by atoms with Crippen molar-refractivity contribution in [1.82, 2.24) is 0 Å². The smallest absolute Gasteiger partial charge is 0.0953 e. The summed E-state index contributed by atoms with van der Waals surface area (Å²) < 4.78 is 5.33. The first-order chi connectivity index (χ1) is 4.70. The molecule has 0 aromatic heterocycles. The molecule has 10 heavy (non-hydrogen) atoms. The van der Waals surface area contributed by atoms with Crippen LogP contribution in [0, 0.1) is 5.92 Å². The van der Waals surface area contributed by atoms with E-state index in [-0.39, 0.29) is 0 Å². The Morgan fingerprint density at radius 1 is 1.80 bits per heavy atom. The quantitative estimate of drug-likeness (QED) is 0.539. The van der Waals surface area contributed by atoms with Crippen LogP contribution in [0.4, 0.5) is 0 Å². The molecule has 1 nitrogen and oxygen atoms in total. The van der Waals surface area contributed by atoms with Crippen LogP contribution in [-0.2, 0) is 4.74 Å². The van der Waals surface area contributed by atoms with Gasteiger partial charge in [0.2, 0.25) is 0 Å². The fraction of sp³-hybridized carbons (Fsp3) is 0.625. The van der Waals surface area contributed by atoms with Crippen molar-refractivity contribution >= 4 is 17.1 Å². The minimum Gasteiger partial charge on any atom is -0.498 e. The maximum atomic E-state index is 5.33. The zero-order chi connectivity index (χ0) is 7.56. The first kappa shape index (κ1) is 7.73. The third kappa shape index (κ3) is 1.81. The van der Waals surface area contributed by atoms with Gasteiger partial charge in [-0.1, -0.05) is 12.2 Å². The Bertz CT molecular complexity index is 172. The van der Waals surface area contributed by atoms with E-state index < -0.39 is 0 Å². The molecule has 0 amide bonds. The number of rotatable bonds is 1. The highest BCUT2D eigenvalue weighted by atomic mass is 32.1. The number of ether oxygens (including phenoxy) is 1. The van der Waals surface area contributed by atoms with E-state index in [0.29, 0.717) is 5.92 Å². The Kier molecular flexibility index (Phi) is 2.44. The van der Waals surface area contributed by atoms with Crippen LogP contribution >= 0.6 is 12.2 Å².